The van der Waals surface area contributed by atoms with E-state index in [-0.39, 0.29) is 18.6 Å². The molecule has 2 N–H and O–H groups in total. The average molecular weight is 340 g/mol. The van der Waals surface area contributed by atoms with Gasteiger partial charge in [-0.1, -0.05) is 58.3 Å². The average Bonchev–Trinajstić information content (AvgIpc) is 3.05. The van der Waals surface area contributed by atoms with Crippen molar-refractivity contribution in [1.29, 1.82) is 0 Å². The third kappa shape index (κ3) is 6.63. The first-order valence-corrected chi connectivity index (χ1v) is 10.4. The highest BCUT2D eigenvalue weighted by Crippen LogP contribution is 2.39. The van der Waals surface area contributed by atoms with Gasteiger partial charge in [-0.3, -0.25) is 4.79 Å². The van der Waals surface area contributed by atoms with Crippen LogP contribution in [0.15, 0.2) is 30.3 Å². The number of carbonyl (C=O) groups is 1. The lowest BCUT2D eigenvalue weighted by Gasteiger charge is -2.16. The van der Waals surface area contributed by atoms with Crippen LogP contribution in [-0.4, -0.2) is 34.7 Å². The normalized spacial score (nSPS) is 19.0. The van der Waals surface area contributed by atoms with Gasteiger partial charge in [-0.05, 0) is 31.2 Å². The highest BCUT2D eigenvalue weighted by Gasteiger charge is 2.16. The Morgan fingerprint density at radius 1 is 1.32 bits per heavy atom. The maximum absolute atomic E-state index is 12.0. The Hall–Kier alpha value is -0.650. The van der Waals surface area contributed by atoms with Gasteiger partial charge in [-0.25, -0.2) is 0 Å². The molecule has 1 saturated heterocycles. The lowest BCUT2D eigenvalue weighted by molar-refractivity contribution is -0.122. The van der Waals surface area contributed by atoms with Gasteiger partial charge in [-0.15, -0.1) is 0 Å². The van der Waals surface area contributed by atoms with Crippen LogP contribution in [0.5, 0.6) is 0 Å². The molecule has 22 heavy (non-hydrogen) atoms. The van der Waals surface area contributed by atoms with E-state index in [1.165, 1.54) is 18.6 Å². The predicted octanol–water partition coefficient (Wildman–Crippen LogP) is 3.42. The molecule has 2 atom stereocenters. The Morgan fingerprint density at radius 2 is 2.14 bits per heavy atom. The van der Waals surface area contributed by atoms with Crippen LogP contribution in [0.25, 0.3) is 0 Å². The van der Waals surface area contributed by atoms with Crippen molar-refractivity contribution < 1.29 is 9.90 Å². The second-order valence-corrected chi connectivity index (χ2v) is 8.50. The van der Waals surface area contributed by atoms with Crippen molar-refractivity contribution in [3.8, 4) is 0 Å². The van der Waals surface area contributed by atoms with Gasteiger partial charge in [0.2, 0.25) is 5.91 Å². The molecule has 1 aromatic carbocycles. The number of carbonyl (C=O) groups excluding carboxylic acids is 1. The maximum Gasteiger partial charge on any atom is 0.220 e. The Balaban J connectivity index is 1.61. The van der Waals surface area contributed by atoms with Crippen molar-refractivity contribution in [2.75, 3.05) is 12.4 Å². The number of benzene rings is 1. The predicted molar refractivity (Wildman–Crippen MR) is 96.1 cm³/mol. The fraction of sp³-hybridized carbons (Fsp3) is 0.588. The molecule has 0 bridgehead atoms. The summed E-state index contributed by atoms with van der Waals surface area (Å²) in [5.74, 6) is 1.33. The summed E-state index contributed by atoms with van der Waals surface area (Å²) in [6, 6.07) is 9.78. The monoisotopic (exact) mass is 339 g/mol. The van der Waals surface area contributed by atoms with Crippen LogP contribution in [0.1, 0.15) is 37.7 Å². The van der Waals surface area contributed by atoms with Gasteiger partial charge >= 0.3 is 0 Å². The smallest absolute Gasteiger partial charge is 0.220 e. The Labute approximate surface area is 141 Å². The SMILES string of the molecule is O=C(CCCCC1CCSS1)N[C@H](CO)Cc1ccccc1. The summed E-state index contributed by atoms with van der Waals surface area (Å²) >= 11 is 0. The first-order valence-electron chi connectivity index (χ1n) is 8.00. The molecule has 122 valence electrons. The molecule has 0 radical (unpaired) electrons. The maximum atomic E-state index is 12.0. The topological polar surface area (TPSA) is 49.3 Å². The second kappa shape index (κ2) is 10.2. The number of aliphatic hydroxyl groups excluding tert-OH is 1. The van der Waals surface area contributed by atoms with Crippen LogP contribution in [0.4, 0.5) is 0 Å². The van der Waals surface area contributed by atoms with E-state index in [1.807, 2.05) is 51.9 Å². The van der Waals surface area contributed by atoms with E-state index in [0.717, 1.165) is 23.7 Å². The molecule has 1 heterocycles. The van der Waals surface area contributed by atoms with Crippen LogP contribution in [0.2, 0.25) is 0 Å². The molecule has 1 fully saturated rings. The number of aliphatic hydroxyl groups is 1. The highest BCUT2D eigenvalue weighted by atomic mass is 33.1. The first kappa shape index (κ1) is 17.7. The number of rotatable bonds is 9. The van der Waals surface area contributed by atoms with Crippen molar-refractivity contribution in [2.45, 2.75) is 49.8 Å². The fourth-order valence-electron chi connectivity index (χ4n) is 2.58. The summed E-state index contributed by atoms with van der Waals surface area (Å²) in [6.07, 6.45) is 5.84. The molecule has 1 aliphatic heterocycles. The van der Waals surface area contributed by atoms with Gasteiger partial charge in [0.05, 0.1) is 12.6 Å². The van der Waals surface area contributed by atoms with Crippen molar-refractivity contribution in [2.24, 2.45) is 0 Å². The standard InChI is InChI=1S/C17H25NO2S2/c19-13-15(12-14-6-2-1-3-7-14)18-17(20)9-5-4-8-16-10-11-21-22-16/h1-3,6-7,15-16,19H,4-5,8-13H2,(H,18,20)/t15-,16?/m0/s1. The minimum Gasteiger partial charge on any atom is -0.394 e. The number of nitrogens with one attached hydrogen (secondary N) is 1. The van der Waals surface area contributed by atoms with E-state index in [1.54, 1.807) is 0 Å². The fourth-order valence-corrected chi connectivity index (χ4v) is 5.61. The summed E-state index contributed by atoms with van der Waals surface area (Å²) in [5.41, 5.74) is 1.14. The van der Waals surface area contributed by atoms with E-state index in [9.17, 15) is 9.90 Å². The molecule has 1 aromatic rings. The van der Waals surface area contributed by atoms with Crippen LogP contribution in [-0.2, 0) is 11.2 Å². The van der Waals surface area contributed by atoms with Crippen molar-refractivity contribution in [3.05, 3.63) is 35.9 Å². The van der Waals surface area contributed by atoms with Gasteiger partial charge in [0, 0.05) is 17.4 Å². The summed E-state index contributed by atoms with van der Waals surface area (Å²) in [5, 5.41) is 13.2. The van der Waals surface area contributed by atoms with Crippen LogP contribution >= 0.6 is 21.6 Å². The van der Waals surface area contributed by atoms with E-state index < -0.39 is 0 Å². The number of amides is 1. The number of unbranched alkanes of at least 4 members (excludes halogenated alkanes) is 1. The van der Waals surface area contributed by atoms with E-state index >= 15 is 0 Å². The van der Waals surface area contributed by atoms with Crippen molar-refractivity contribution >= 4 is 27.5 Å². The molecule has 0 spiro atoms. The van der Waals surface area contributed by atoms with Crippen molar-refractivity contribution in [1.82, 2.24) is 5.32 Å². The highest BCUT2D eigenvalue weighted by molar-refractivity contribution is 8.77. The zero-order chi connectivity index (χ0) is 15.6. The van der Waals surface area contributed by atoms with E-state index in [4.69, 9.17) is 0 Å². The first-order chi connectivity index (χ1) is 10.8. The summed E-state index contributed by atoms with van der Waals surface area (Å²) in [6.45, 7) is -0.0173. The molecule has 0 aromatic heterocycles. The third-order valence-electron chi connectivity index (χ3n) is 3.82. The lowest BCUT2D eigenvalue weighted by Crippen LogP contribution is -2.38. The molecule has 1 amide bonds. The Kier molecular flexibility index (Phi) is 8.20. The van der Waals surface area contributed by atoms with Crippen molar-refractivity contribution in [3.63, 3.8) is 0 Å². The minimum atomic E-state index is -0.184. The molecule has 1 unspecified atom stereocenters. The van der Waals surface area contributed by atoms with E-state index in [0.29, 0.717) is 12.8 Å². The minimum absolute atomic E-state index is 0.0173. The van der Waals surface area contributed by atoms with Gasteiger partial charge in [0.15, 0.2) is 0 Å². The quantitative estimate of drug-likeness (QED) is 0.535. The third-order valence-corrected chi connectivity index (χ3v) is 6.82. The number of hydrogen-bond donors (Lipinski definition) is 2. The number of hydrogen-bond acceptors (Lipinski definition) is 4. The molecular formula is C17H25NO2S2. The van der Waals surface area contributed by atoms with Gasteiger partial charge in [0.25, 0.3) is 0 Å². The second-order valence-electron chi connectivity index (χ2n) is 5.71. The molecule has 3 nitrogen and oxygen atoms in total. The van der Waals surface area contributed by atoms with Crippen LogP contribution in [0, 0.1) is 0 Å². The zero-order valence-electron chi connectivity index (χ0n) is 12.9. The Bertz CT molecular complexity index is 436. The molecule has 0 aliphatic carbocycles. The molecule has 5 heteroatoms. The van der Waals surface area contributed by atoms with Crippen LogP contribution < -0.4 is 5.32 Å². The van der Waals surface area contributed by atoms with Crippen LogP contribution in [0.3, 0.4) is 0 Å². The largest absolute Gasteiger partial charge is 0.394 e. The Morgan fingerprint density at radius 3 is 2.82 bits per heavy atom. The summed E-state index contributed by atoms with van der Waals surface area (Å²) in [4.78, 5) is 12.0. The molecule has 2 rings (SSSR count). The molecule has 1 aliphatic rings. The van der Waals surface area contributed by atoms with Gasteiger partial charge in [0.1, 0.15) is 0 Å². The lowest BCUT2D eigenvalue weighted by atomic mass is 10.1. The molecule has 0 saturated carbocycles. The van der Waals surface area contributed by atoms with Gasteiger partial charge in [-0.2, -0.15) is 0 Å². The van der Waals surface area contributed by atoms with Gasteiger partial charge < -0.3 is 10.4 Å². The zero-order valence-corrected chi connectivity index (χ0v) is 14.5. The van der Waals surface area contributed by atoms with E-state index in [2.05, 4.69) is 5.32 Å². The summed E-state index contributed by atoms with van der Waals surface area (Å²) < 4.78 is 0. The summed E-state index contributed by atoms with van der Waals surface area (Å²) in [7, 11) is 3.97. The molecular weight excluding hydrogens is 314 g/mol.